The standard InChI is InChI=1S/C18H19N3O2S/c1-22-12-11-21-14-19-20-18(21)24-13-15-7-5-6-10-17(15)23-16-8-3-2-4-9-16/h2-10,14H,11-13H2,1H3. The zero-order chi connectivity index (χ0) is 16.6. The van der Waals surface area contributed by atoms with Crippen molar-refractivity contribution in [2.75, 3.05) is 13.7 Å². The molecule has 0 aliphatic heterocycles. The number of para-hydroxylation sites is 2. The Morgan fingerprint density at radius 1 is 1.04 bits per heavy atom. The van der Waals surface area contributed by atoms with Crippen LogP contribution in [0.15, 0.2) is 66.1 Å². The molecule has 1 heterocycles. The minimum atomic E-state index is 0.638. The molecule has 0 bridgehead atoms. The summed E-state index contributed by atoms with van der Waals surface area (Å²) in [5.74, 6) is 2.45. The zero-order valence-electron chi connectivity index (χ0n) is 13.5. The molecule has 1 aromatic heterocycles. The van der Waals surface area contributed by atoms with Crippen LogP contribution in [0.4, 0.5) is 0 Å². The molecule has 0 saturated heterocycles. The molecule has 0 amide bonds. The van der Waals surface area contributed by atoms with Crippen LogP contribution in [0.5, 0.6) is 11.5 Å². The van der Waals surface area contributed by atoms with Crippen molar-refractivity contribution in [1.29, 1.82) is 0 Å². The highest BCUT2D eigenvalue weighted by Gasteiger charge is 2.09. The Labute approximate surface area is 145 Å². The average Bonchev–Trinajstić information content (AvgIpc) is 3.07. The minimum absolute atomic E-state index is 0.638. The minimum Gasteiger partial charge on any atom is -0.457 e. The van der Waals surface area contributed by atoms with Crippen LogP contribution in [-0.4, -0.2) is 28.5 Å². The van der Waals surface area contributed by atoms with Crippen molar-refractivity contribution in [3.63, 3.8) is 0 Å². The first-order chi connectivity index (χ1) is 11.9. The van der Waals surface area contributed by atoms with Crippen molar-refractivity contribution >= 4 is 11.8 Å². The quantitative estimate of drug-likeness (QED) is 0.579. The number of hydrogen-bond acceptors (Lipinski definition) is 5. The lowest BCUT2D eigenvalue weighted by atomic mass is 10.2. The molecule has 5 nitrogen and oxygen atoms in total. The number of methoxy groups -OCH3 is 1. The van der Waals surface area contributed by atoms with E-state index in [9.17, 15) is 0 Å². The van der Waals surface area contributed by atoms with Crippen LogP contribution in [0.2, 0.25) is 0 Å². The molecular weight excluding hydrogens is 322 g/mol. The Morgan fingerprint density at radius 3 is 2.67 bits per heavy atom. The monoisotopic (exact) mass is 341 g/mol. The van der Waals surface area contributed by atoms with Gasteiger partial charge in [-0.05, 0) is 18.2 Å². The summed E-state index contributed by atoms with van der Waals surface area (Å²) in [6.45, 7) is 1.38. The van der Waals surface area contributed by atoms with Gasteiger partial charge in [-0.1, -0.05) is 48.2 Å². The predicted octanol–water partition coefficient (Wildman–Crippen LogP) is 4.01. The zero-order valence-corrected chi connectivity index (χ0v) is 14.3. The van der Waals surface area contributed by atoms with Gasteiger partial charge in [-0.15, -0.1) is 10.2 Å². The van der Waals surface area contributed by atoms with Crippen molar-refractivity contribution in [2.24, 2.45) is 0 Å². The van der Waals surface area contributed by atoms with E-state index in [2.05, 4.69) is 16.3 Å². The Morgan fingerprint density at radius 2 is 1.83 bits per heavy atom. The summed E-state index contributed by atoms with van der Waals surface area (Å²) in [5.41, 5.74) is 1.12. The van der Waals surface area contributed by atoms with E-state index in [0.717, 1.165) is 34.5 Å². The van der Waals surface area contributed by atoms with Crippen molar-refractivity contribution in [3.8, 4) is 11.5 Å². The second-order valence-electron chi connectivity index (χ2n) is 5.11. The van der Waals surface area contributed by atoms with E-state index >= 15 is 0 Å². The van der Waals surface area contributed by atoms with Gasteiger partial charge in [-0.25, -0.2) is 0 Å². The van der Waals surface area contributed by atoms with Crippen LogP contribution < -0.4 is 4.74 Å². The number of benzene rings is 2. The normalized spacial score (nSPS) is 10.7. The number of hydrogen-bond donors (Lipinski definition) is 0. The van der Waals surface area contributed by atoms with Crippen LogP contribution in [0.1, 0.15) is 5.56 Å². The Balaban J connectivity index is 1.69. The first kappa shape index (κ1) is 16.5. The van der Waals surface area contributed by atoms with Crippen LogP contribution in [-0.2, 0) is 17.0 Å². The second kappa shape index (κ2) is 8.52. The second-order valence-corrected chi connectivity index (χ2v) is 6.05. The van der Waals surface area contributed by atoms with Gasteiger partial charge >= 0.3 is 0 Å². The Kier molecular flexibility index (Phi) is 5.87. The van der Waals surface area contributed by atoms with Gasteiger partial charge in [0.25, 0.3) is 0 Å². The van der Waals surface area contributed by atoms with Crippen molar-refractivity contribution in [2.45, 2.75) is 17.5 Å². The summed E-state index contributed by atoms with van der Waals surface area (Å²) in [6, 6.07) is 17.9. The summed E-state index contributed by atoms with van der Waals surface area (Å²) in [7, 11) is 1.69. The lowest BCUT2D eigenvalue weighted by Crippen LogP contribution is -2.04. The van der Waals surface area contributed by atoms with E-state index in [-0.39, 0.29) is 0 Å². The molecule has 0 saturated carbocycles. The van der Waals surface area contributed by atoms with Crippen molar-refractivity contribution in [3.05, 3.63) is 66.5 Å². The molecule has 3 aromatic rings. The van der Waals surface area contributed by atoms with E-state index in [1.54, 1.807) is 25.2 Å². The SMILES string of the molecule is COCCn1cnnc1SCc1ccccc1Oc1ccccc1. The van der Waals surface area contributed by atoms with Gasteiger partial charge in [0.05, 0.1) is 6.61 Å². The Hall–Kier alpha value is -2.31. The number of nitrogens with zero attached hydrogens (tertiary/aromatic N) is 3. The molecule has 2 aromatic carbocycles. The van der Waals surface area contributed by atoms with Gasteiger partial charge in [0, 0.05) is 25.0 Å². The van der Waals surface area contributed by atoms with Crippen LogP contribution >= 0.6 is 11.8 Å². The molecule has 0 N–H and O–H groups in total. The molecular formula is C18H19N3O2S. The molecule has 0 spiro atoms. The van der Waals surface area contributed by atoms with E-state index < -0.39 is 0 Å². The summed E-state index contributed by atoms with van der Waals surface area (Å²) in [5, 5.41) is 9.04. The van der Waals surface area contributed by atoms with Crippen molar-refractivity contribution < 1.29 is 9.47 Å². The van der Waals surface area contributed by atoms with Gasteiger partial charge in [0.15, 0.2) is 5.16 Å². The van der Waals surface area contributed by atoms with Gasteiger partial charge in [0.1, 0.15) is 17.8 Å². The molecule has 0 fully saturated rings. The fourth-order valence-electron chi connectivity index (χ4n) is 2.18. The summed E-state index contributed by atoms with van der Waals surface area (Å²) in [6.07, 6.45) is 1.73. The fourth-order valence-corrected chi connectivity index (χ4v) is 3.11. The lowest BCUT2D eigenvalue weighted by Gasteiger charge is -2.11. The van der Waals surface area contributed by atoms with Crippen LogP contribution in [0, 0.1) is 0 Å². The molecule has 0 unspecified atom stereocenters. The highest BCUT2D eigenvalue weighted by Crippen LogP contribution is 2.30. The Bertz CT molecular complexity index is 762. The summed E-state index contributed by atoms with van der Waals surface area (Å²) < 4.78 is 13.1. The molecule has 0 aliphatic carbocycles. The van der Waals surface area contributed by atoms with E-state index in [0.29, 0.717) is 6.61 Å². The van der Waals surface area contributed by atoms with Crippen LogP contribution in [0.25, 0.3) is 0 Å². The average molecular weight is 341 g/mol. The molecule has 0 aliphatic rings. The summed E-state index contributed by atoms with van der Waals surface area (Å²) >= 11 is 1.64. The van der Waals surface area contributed by atoms with Gasteiger partial charge < -0.3 is 14.0 Å². The first-order valence-electron chi connectivity index (χ1n) is 7.67. The number of thioether (sulfide) groups is 1. The topological polar surface area (TPSA) is 49.2 Å². The lowest BCUT2D eigenvalue weighted by molar-refractivity contribution is 0.184. The number of rotatable bonds is 8. The number of aromatic nitrogens is 3. The van der Waals surface area contributed by atoms with Gasteiger partial charge in [-0.2, -0.15) is 0 Å². The molecule has 3 rings (SSSR count). The molecule has 0 atom stereocenters. The molecule has 24 heavy (non-hydrogen) atoms. The highest BCUT2D eigenvalue weighted by molar-refractivity contribution is 7.98. The van der Waals surface area contributed by atoms with Crippen molar-refractivity contribution in [1.82, 2.24) is 14.8 Å². The predicted molar refractivity (Wildman–Crippen MR) is 94.4 cm³/mol. The summed E-state index contributed by atoms with van der Waals surface area (Å²) in [4.78, 5) is 0. The third-order valence-corrected chi connectivity index (χ3v) is 4.45. The van der Waals surface area contributed by atoms with Gasteiger partial charge in [-0.3, -0.25) is 0 Å². The van der Waals surface area contributed by atoms with Crippen LogP contribution in [0.3, 0.4) is 0 Å². The molecule has 6 heteroatoms. The first-order valence-corrected chi connectivity index (χ1v) is 8.65. The number of ether oxygens (including phenoxy) is 2. The largest absolute Gasteiger partial charge is 0.457 e. The third-order valence-electron chi connectivity index (χ3n) is 3.42. The highest BCUT2D eigenvalue weighted by atomic mass is 32.2. The fraction of sp³-hybridized carbons (Fsp3) is 0.222. The smallest absolute Gasteiger partial charge is 0.191 e. The molecule has 0 radical (unpaired) electrons. The third kappa shape index (κ3) is 4.37. The molecule has 124 valence electrons. The van der Waals surface area contributed by atoms with E-state index in [1.807, 2.05) is 53.1 Å². The van der Waals surface area contributed by atoms with E-state index in [1.165, 1.54) is 0 Å². The maximum Gasteiger partial charge on any atom is 0.191 e. The maximum absolute atomic E-state index is 6.00. The maximum atomic E-state index is 6.00. The van der Waals surface area contributed by atoms with Gasteiger partial charge in [0.2, 0.25) is 0 Å². The van der Waals surface area contributed by atoms with E-state index in [4.69, 9.17) is 9.47 Å².